The molecule has 196 valence electrons. The van der Waals surface area contributed by atoms with Gasteiger partial charge < -0.3 is 14.4 Å². The molecule has 0 unspecified atom stereocenters. The van der Waals surface area contributed by atoms with Gasteiger partial charge in [0.1, 0.15) is 29.5 Å². The van der Waals surface area contributed by atoms with E-state index in [2.05, 4.69) is 9.97 Å². The summed E-state index contributed by atoms with van der Waals surface area (Å²) in [5.41, 5.74) is -1.29. The Morgan fingerprint density at radius 1 is 1.11 bits per heavy atom. The fraction of sp³-hybridized carbons (Fsp3) is 0.407. The summed E-state index contributed by atoms with van der Waals surface area (Å²) < 4.78 is 25.9. The molecule has 1 aromatic carbocycles. The molecule has 3 aromatic rings. The zero-order valence-electron chi connectivity index (χ0n) is 21.2. The van der Waals surface area contributed by atoms with Crippen molar-refractivity contribution in [2.75, 3.05) is 36.1 Å². The Bertz CT molecular complexity index is 1180. The molecule has 10 heteroatoms. The van der Waals surface area contributed by atoms with Gasteiger partial charge in [-0.25, -0.2) is 19.2 Å². The van der Waals surface area contributed by atoms with E-state index in [0.717, 1.165) is 5.69 Å². The van der Waals surface area contributed by atoms with Crippen LogP contribution in [-0.2, 0) is 14.3 Å². The Hall–Kier alpha value is -3.30. The van der Waals surface area contributed by atoms with Crippen molar-refractivity contribution >= 4 is 40.7 Å². The van der Waals surface area contributed by atoms with E-state index in [9.17, 15) is 4.79 Å². The van der Waals surface area contributed by atoms with Crippen LogP contribution in [0.5, 0.6) is 0 Å². The SMILES string of the molecule is CC(C)(C)OC(=O)COCC1(F)CCN(c2cncc(N(c3ccc(Cl)cc3)c3ccccn3)n2)CC1. The first-order chi connectivity index (χ1) is 17.6. The molecule has 1 fully saturated rings. The molecule has 0 atom stereocenters. The summed E-state index contributed by atoms with van der Waals surface area (Å²) in [6.07, 6.45) is 5.54. The lowest BCUT2D eigenvalue weighted by atomic mass is 9.94. The Kier molecular flexibility index (Phi) is 8.24. The number of halogens is 2. The van der Waals surface area contributed by atoms with E-state index in [0.29, 0.717) is 35.6 Å². The zero-order valence-corrected chi connectivity index (χ0v) is 22.0. The minimum Gasteiger partial charge on any atom is -0.458 e. The first-order valence-corrected chi connectivity index (χ1v) is 12.5. The topological polar surface area (TPSA) is 80.7 Å². The highest BCUT2D eigenvalue weighted by Crippen LogP contribution is 2.34. The van der Waals surface area contributed by atoms with Gasteiger partial charge in [0.15, 0.2) is 5.82 Å². The second-order valence-electron chi connectivity index (χ2n) is 9.95. The van der Waals surface area contributed by atoms with Crippen LogP contribution in [0.25, 0.3) is 0 Å². The van der Waals surface area contributed by atoms with Crippen LogP contribution in [-0.4, -0.2) is 58.5 Å². The van der Waals surface area contributed by atoms with Crippen LogP contribution in [0.15, 0.2) is 61.1 Å². The standard InChI is InChI=1S/C27H31ClFN5O3/c1-26(2,3)37-25(35)18-36-19-27(29)11-14-33(15-12-27)23-16-30-17-24(32-23)34(22-6-4-5-13-31-22)21-9-7-20(28)8-10-21/h4-10,13,16-17H,11-12,14-15,18-19H2,1-3H3. The number of ether oxygens (including phenoxy) is 2. The number of hydrogen-bond donors (Lipinski definition) is 0. The van der Waals surface area contributed by atoms with Crippen molar-refractivity contribution in [1.29, 1.82) is 0 Å². The van der Waals surface area contributed by atoms with E-state index in [1.807, 2.05) is 40.1 Å². The highest BCUT2D eigenvalue weighted by Gasteiger charge is 2.36. The first-order valence-electron chi connectivity index (χ1n) is 12.1. The molecule has 3 heterocycles. The van der Waals surface area contributed by atoms with Crippen LogP contribution < -0.4 is 9.80 Å². The smallest absolute Gasteiger partial charge is 0.332 e. The van der Waals surface area contributed by atoms with E-state index < -0.39 is 17.2 Å². The molecular weight excluding hydrogens is 497 g/mol. The summed E-state index contributed by atoms with van der Waals surface area (Å²) in [6.45, 7) is 5.79. The summed E-state index contributed by atoms with van der Waals surface area (Å²) in [7, 11) is 0. The summed E-state index contributed by atoms with van der Waals surface area (Å²) >= 11 is 6.10. The Labute approximate surface area is 221 Å². The number of aromatic nitrogens is 3. The summed E-state index contributed by atoms with van der Waals surface area (Å²) in [5, 5.41) is 0.627. The number of piperidine rings is 1. The average Bonchev–Trinajstić information content (AvgIpc) is 2.86. The predicted octanol–water partition coefficient (Wildman–Crippen LogP) is 5.66. The second kappa shape index (κ2) is 11.4. The lowest BCUT2D eigenvalue weighted by molar-refractivity contribution is -0.161. The van der Waals surface area contributed by atoms with Gasteiger partial charge in [-0.15, -0.1) is 0 Å². The molecule has 1 aliphatic heterocycles. The van der Waals surface area contributed by atoms with Crippen LogP contribution in [0.2, 0.25) is 5.02 Å². The normalized spacial score (nSPS) is 15.3. The van der Waals surface area contributed by atoms with Gasteiger partial charge in [0.25, 0.3) is 0 Å². The van der Waals surface area contributed by atoms with Crippen molar-refractivity contribution in [2.45, 2.75) is 44.9 Å². The molecule has 4 rings (SSSR count). The van der Waals surface area contributed by atoms with E-state index in [1.165, 1.54) is 0 Å². The number of alkyl halides is 1. The summed E-state index contributed by atoms with van der Waals surface area (Å²) in [4.78, 5) is 29.5. The van der Waals surface area contributed by atoms with Crippen molar-refractivity contribution in [3.63, 3.8) is 0 Å². The van der Waals surface area contributed by atoms with Gasteiger partial charge in [0.05, 0.1) is 19.0 Å². The molecule has 1 saturated heterocycles. The number of esters is 1. The van der Waals surface area contributed by atoms with Gasteiger partial charge in [-0.1, -0.05) is 17.7 Å². The van der Waals surface area contributed by atoms with Gasteiger partial charge in [0.2, 0.25) is 0 Å². The Morgan fingerprint density at radius 3 is 2.49 bits per heavy atom. The van der Waals surface area contributed by atoms with E-state index in [-0.39, 0.29) is 26.1 Å². The van der Waals surface area contributed by atoms with Crippen molar-refractivity contribution < 1.29 is 18.7 Å². The lowest BCUT2D eigenvalue weighted by Crippen LogP contribution is -2.45. The minimum atomic E-state index is -1.52. The molecule has 0 saturated carbocycles. The van der Waals surface area contributed by atoms with Crippen molar-refractivity contribution in [1.82, 2.24) is 15.0 Å². The van der Waals surface area contributed by atoms with Gasteiger partial charge in [0, 0.05) is 42.8 Å². The summed E-state index contributed by atoms with van der Waals surface area (Å²) in [6, 6.07) is 13.0. The largest absolute Gasteiger partial charge is 0.458 e. The van der Waals surface area contributed by atoms with Crippen molar-refractivity contribution in [2.24, 2.45) is 0 Å². The number of carbonyl (C=O) groups is 1. The maximum absolute atomic E-state index is 15.4. The number of carbonyl (C=O) groups excluding carboxylic acids is 1. The maximum Gasteiger partial charge on any atom is 0.332 e. The molecule has 0 spiro atoms. The Balaban J connectivity index is 1.43. The van der Waals surface area contributed by atoms with Crippen LogP contribution in [0.4, 0.5) is 27.5 Å². The molecule has 0 bridgehead atoms. The lowest BCUT2D eigenvalue weighted by Gasteiger charge is -2.37. The zero-order chi connectivity index (χ0) is 26.5. The quantitative estimate of drug-likeness (QED) is 0.347. The van der Waals surface area contributed by atoms with E-state index >= 15 is 4.39 Å². The predicted molar refractivity (Wildman–Crippen MR) is 141 cm³/mol. The fourth-order valence-corrected chi connectivity index (χ4v) is 4.16. The molecule has 1 aliphatic rings. The number of anilines is 4. The monoisotopic (exact) mass is 527 g/mol. The van der Waals surface area contributed by atoms with E-state index in [1.54, 1.807) is 51.5 Å². The van der Waals surface area contributed by atoms with E-state index in [4.69, 9.17) is 26.1 Å². The number of pyridine rings is 1. The van der Waals surface area contributed by atoms with Crippen LogP contribution >= 0.6 is 11.6 Å². The van der Waals surface area contributed by atoms with Crippen LogP contribution in [0, 0.1) is 0 Å². The highest BCUT2D eigenvalue weighted by atomic mass is 35.5. The molecule has 0 N–H and O–H groups in total. The van der Waals surface area contributed by atoms with Crippen LogP contribution in [0.3, 0.4) is 0 Å². The molecular formula is C27H31ClFN5O3. The molecule has 0 aliphatic carbocycles. The fourth-order valence-electron chi connectivity index (χ4n) is 4.03. The Morgan fingerprint density at radius 2 is 1.84 bits per heavy atom. The van der Waals surface area contributed by atoms with Gasteiger partial charge in [-0.3, -0.25) is 9.88 Å². The molecule has 0 amide bonds. The maximum atomic E-state index is 15.4. The number of rotatable bonds is 8. The average molecular weight is 528 g/mol. The van der Waals surface area contributed by atoms with Crippen molar-refractivity contribution in [3.8, 4) is 0 Å². The third kappa shape index (κ3) is 7.36. The number of hydrogen-bond acceptors (Lipinski definition) is 8. The highest BCUT2D eigenvalue weighted by molar-refractivity contribution is 6.30. The van der Waals surface area contributed by atoms with Gasteiger partial charge in [-0.2, -0.15) is 0 Å². The van der Waals surface area contributed by atoms with Gasteiger partial charge in [-0.05, 0) is 57.2 Å². The molecule has 37 heavy (non-hydrogen) atoms. The molecule has 2 aromatic heterocycles. The first kappa shape index (κ1) is 26.8. The number of benzene rings is 1. The minimum absolute atomic E-state index is 0.157. The molecule has 0 radical (unpaired) electrons. The molecule has 8 nitrogen and oxygen atoms in total. The summed E-state index contributed by atoms with van der Waals surface area (Å²) in [5.74, 6) is 1.40. The van der Waals surface area contributed by atoms with Crippen molar-refractivity contribution in [3.05, 3.63) is 66.1 Å². The number of nitrogens with zero attached hydrogens (tertiary/aromatic N) is 5. The third-order valence-electron chi connectivity index (χ3n) is 5.79. The second-order valence-corrected chi connectivity index (χ2v) is 10.4. The van der Waals surface area contributed by atoms with Crippen LogP contribution in [0.1, 0.15) is 33.6 Å². The van der Waals surface area contributed by atoms with Gasteiger partial charge >= 0.3 is 5.97 Å². The third-order valence-corrected chi connectivity index (χ3v) is 6.04.